The lowest BCUT2D eigenvalue weighted by molar-refractivity contribution is -0.116. The molecule has 2 heterocycles. The Labute approximate surface area is 148 Å². The molecule has 0 bridgehead atoms. The fourth-order valence-corrected chi connectivity index (χ4v) is 3.51. The maximum absolute atomic E-state index is 12.1. The molecule has 2 aromatic carbocycles. The summed E-state index contributed by atoms with van der Waals surface area (Å²) in [6.07, 6.45) is 0.330. The van der Waals surface area contributed by atoms with Crippen LogP contribution in [-0.2, 0) is 4.79 Å². The van der Waals surface area contributed by atoms with Crippen molar-refractivity contribution >= 4 is 34.9 Å². The molecule has 0 spiro atoms. The molecule has 6 heteroatoms. The minimum absolute atomic E-state index is 0.0680. The molecule has 1 aliphatic heterocycles. The fraction of sp³-hybridized carbons (Fsp3) is 0.111. The number of carbonyl (C=O) groups excluding carboxylic acids is 1. The monoisotopic (exact) mass is 357 g/mol. The number of carbonyl (C=O) groups is 1. The van der Waals surface area contributed by atoms with Gasteiger partial charge in [-0.25, -0.2) is 0 Å². The first-order valence-electron chi connectivity index (χ1n) is 7.52. The van der Waals surface area contributed by atoms with E-state index >= 15 is 0 Å². The van der Waals surface area contributed by atoms with Crippen molar-refractivity contribution in [3.63, 3.8) is 0 Å². The molecule has 120 valence electrons. The molecule has 0 unspecified atom stereocenters. The molecule has 1 aliphatic rings. The van der Waals surface area contributed by atoms with E-state index in [2.05, 4.69) is 15.5 Å². The van der Waals surface area contributed by atoms with Crippen LogP contribution in [0.25, 0.3) is 11.3 Å². The number of fused-ring (bicyclic) bond motifs is 1. The van der Waals surface area contributed by atoms with Crippen molar-refractivity contribution in [2.45, 2.75) is 12.3 Å². The minimum atomic E-state index is -0.146. The van der Waals surface area contributed by atoms with E-state index in [1.54, 1.807) is 0 Å². The van der Waals surface area contributed by atoms with Crippen LogP contribution in [-0.4, -0.2) is 16.1 Å². The molecule has 24 heavy (non-hydrogen) atoms. The topological polar surface area (TPSA) is 57.8 Å². The Kier molecular flexibility index (Phi) is 3.79. The van der Waals surface area contributed by atoms with Crippen LogP contribution in [0.15, 0.2) is 48.5 Å². The van der Waals surface area contributed by atoms with Gasteiger partial charge in [0.15, 0.2) is 5.82 Å². The average Bonchev–Trinajstić information content (AvgIpc) is 2.99. The maximum atomic E-state index is 12.1. The summed E-state index contributed by atoms with van der Waals surface area (Å²) in [6.45, 7) is 0. The maximum Gasteiger partial charge on any atom is 0.226 e. The number of anilines is 1. The number of nitrogens with zero attached hydrogens (tertiary/aromatic N) is 1. The second-order valence-electron chi connectivity index (χ2n) is 5.69. The first kappa shape index (κ1) is 15.2. The minimum Gasteiger partial charge on any atom is -0.309 e. The summed E-state index contributed by atoms with van der Waals surface area (Å²) in [7, 11) is 0. The van der Waals surface area contributed by atoms with E-state index < -0.39 is 0 Å². The molecular formula is C18H13Cl2N3O. The zero-order valence-electron chi connectivity index (χ0n) is 12.5. The van der Waals surface area contributed by atoms with Gasteiger partial charge in [0.1, 0.15) is 0 Å². The highest BCUT2D eigenvalue weighted by Gasteiger charge is 2.32. The molecule has 4 rings (SSSR count). The Bertz CT molecular complexity index is 918. The Morgan fingerprint density at radius 2 is 1.79 bits per heavy atom. The van der Waals surface area contributed by atoms with E-state index in [9.17, 15) is 4.79 Å². The van der Waals surface area contributed by atoms with Crippen molar-refractivity contribution in [1.82, 2.24) is 10.2 Å². The summed E-state index contributed by atoms with van der Waals surface area (Å²) >= 11 is 12.4. The van der Waals surface area contributed by atoms with Gasteiger partial charge >= 0.3 is 0 Å². The summed E-state index contributed by atoms with van der Waals surface area (Å²) < 4.78 is 0. The molecule has 4 nitrogen and oxygen atoms in total. The number of rotatable bonds is 2. The lowest BCUT2D eigenvalue weighted by Crippen LogP contribution is -2.23. The molecule has 0 aliphatic carbocycles. The van der Waals surface area contributed by atoms with Crippen LogP contribution in [0, 0.1) is 0 Å². The Balaban J connectivity index is 1.89. The third kappa shape index (κ3) is 2.58. The first-order valence-corrected chi connectivity index (χ1v) is 8.27. The van der Waals surface area contributed by atoms with E-state index in [-0.39, 0.29) is 11.8 Å². The summed E-state index contributed by atoms with van der Waals surface area (Å²) in [5.74, 6) is 0.342. The zero-order valence-corrected chi connectivity index (χ0v) is 14.0. The standard InChI is InChI=1S/C18H13Cl2N3O/c19-11-7-5-10(6-8-11)17-16-13(12-3-1-2-4-14(12)20)9-15(24)21-18(16)23-22-17/h1-8,13H,9H2,(H2,21,22,23,24)/t13-/m1/s1. The number of amides is 1. The number of nitrogens with one attached hydrogen (secondary N) is 2. The molecule has 0 fully saturated rings. The van der Waals surface area contributed by atoms with Crippen LogP contribution in [0.3, 0.4) is 0 Å². The van der Waals surface area contributed by atoms with Gasteiger partial charge < -0.3 is 5.32 Å². The molecule has 2 N–H and O–H groups in total. The highest BCUT2D eigenvalue weighted by molar-refractivity contribution is 6.31. The summed E-state index contributed by atoms with van der Waals surface area (Å²) in [4.78, 5) is 12.1. The van der Waals surface area contributed by atoms with Crippen molar-refractivity contribution in [3.05, 3.63) is 69.7 Å². The third-order valence-electron chi connectivity index (χ3n) is 4.21. The Hall–Kier alpha value is -2.30. The van der Waals surface area contributed by atoms with Gasteiger partial charge in [-0.1, -0.05) is 53.5 Å². The predicted octanol–water partition coefficient (Wildman–Crippen LogP) is 4.86. The third-order valence-corrected chi connectivity index (χ3v) is 4.81. The Morgan fingerprint density at radius 3 is 2.54 bits per heavy atom. The number of H-pyrrole nitrogens is 1. The highest BCUT2D eigenvalue weighted by Crippen LogP contribution is 2.43. The molecule has 0 saturated heterocycles. The highest BCUT2D eigenvalue weighted by atomic mass is 35.5. The fourth-order valence-electron chi connectivity index (χ4n) is 3.12. The molecular weight excluding hydrogens is 345 g/mol. The summed E-state index contributed by atoms with van der Waals surface area (Å²) in [6, 6.07) is 15.1. The van der Waals surface area contributed by atoms with Crippen LogP contribution in [0.1, 0.15) is 23.5 Å². The SMILES string of the molecule is O=C1C[C@H](c2ccccc2Cl)c2c(n[nH]c2-c2ccc(Cl)cc2)N1. The number of hydrogen-bond donors (Lipinski definition) is 2. The van der Waals surface area contributed by atoms with Gasteiger partial charge in [0.25, 0.3) is 0 Å². The smallest absolute Gasteiger partial charge is 0.226 e. The van der Waals surface area contributed by atoms with Crippen LogP contribution in [0.4, 0.5) is 5.82 Å². The van der Waals surface area contributed by atoms with Crippen LogP contribution < -0.4 is 5.32 Å². The predicted molar refractivity (Wildman–Crippen MR) is 95.6 cm³/mol. The second kappa shape index (κ2) is 5.96. The van der Waals surface area contributed by atoms with Crippen molar-refractivity contribution in [2.24, 2.45) is 0 Å². The van der Waals surface area contributed by atoms with E-state index in [1.165, 1.54) is 0 Å². The quantitative estimate of drug-likeness (QED) is 0.688. The number of halogens is 2. The van der Waals surface area contributed by atoms with Crippen molar-refractivity contribution in [2.75, 3.05) is 5.32 Å². The Morgan fingerprint density at radius 1 is 1.04 bits per heavy atom. The number of aromatic amines is 1. The van der Waals surface area contributed by atoms with Crippen LogP contribution >= 0.6 is 23.2 Å². The van der Waals surface area contributed by atoms with Crippen molar-refractivity contribution in [3.8, 4) is 11.3 Å². The van der Waals surface area contributed by atoms with E-state index in [0.717, 1.165) is 22.4 Å². The molecule has 0 radical (unpaired) electrons. The van der Waals surface area contributed by atoms with Gasteiger partial charge in [-0.15, -0.1) is 0 Å². The van der Waals surface area contributed by atoms with Gasteiger partial charge in [0.05, 0.1) is 5.69 Å². The second-order valence-corrected chi connectivity index (χ2v) is 6.54. The largest absolute Gasteiger partial charge is 0.309 e. The van der Waals surface area contributed by atoms with Gasteiger partial charge in [-0.2, -0.15) is 5.10 Å². The summed E-state index contributed by atoms with van der Waals surface area (Å²) in [5, 5.41) is 11.5. The summed E-state index contributed by atoms with van der Waals surface area (Å²) in [5.41, 5.74) is 3.70. The molecule has 3 aromatic rings. The van der Waals surface area contributed by atoms with Crippen LogP contribution in [0.5, 0.6) is 0 Å². The zero-order chi connectivity index (χ0) is 16.7. The first-order chi connectivity index (χ1) is 11.6. The van der Waals surface area contributed by atoms with E-state index in [0.29, 0.717) is 22.3 Å². The molecule has 1 amide bonds. The van der Waals surface area contributed by atoms with Crippen molar-refractivity contribution < 1.29 is 4.79 Å². The lowest BCUT2D eigenvalue weighted by atomic mass is 9.84. The lowest BCUT2D eigenvalue weighted by Gasteiger charge is -2.24. The number of hydrogen-bond acceptors (Lipinski definition) is 2. The molecule has 1 aromatic heterocycles. The number of aromatic nitrogens is 2. The van der Waals surface area contributed by atoms with Crippen LogP contribution in [0.2, 0.25) is 10.0 Å². The van der Waals surface area contributed by atoms with Gasteiger partial charge in [-0.05, 0) is 23.8 Å². The normalized spacial score (nSPS) is 16.6. The number of benzene rings is 2. The van der Waals surface area contributed by atoms with Gasteiger partial charge in [0, 0.05) is 33.5 Å². The van der Waals surface area contributed by atoms with Gasteiger partial charge in [-0.3, -0.25) is 9.89 Å². The van der Waals surface area contributed by atoms with Gasteiger partial charge in [0.2, 0.25) is 5.91 Å². The van der Waals surface area contributed by atoms with Crippen molar-refractivity contribution in [1.29, 1.82) is 0 Å². The average molecular weight is 358 g/mol. The molecule has 1 atom stereocenters. The van der Waals surface area contributed by atoms with E-state index in [1.807, 2.05) is 48.5 Å². The molecule has 0 saturated carbocycles. The van der Waals surface area contributed by atoms with E-state index in [4.69, 9.17) is 23.2 Å².